The van der Waals surface area contributed by atoms with Gasteiger partial charge in [-0.2, -0.15) is 0 Å². The fourth-order valence-corrected chi connectivity index (χ4v) is 3.52. The zero-order valence-electron chi connectivity index (χ0n) is 14.7. The zero-order chi connectivity index (χ0) is 15.2. The van der Waals surface area contributed by atoms with E-state index in [0.717, 1.165) is 6.54 Å². The van der Waals surface area contributed by atoms with E-state index in [1.165, 1.54) is 37.1 Å². The highest BCUT2D eigenvalue weighted by molar-refractivity contribution is 5.85. The Morgan fingerprint density at radius 3 is 2.20 bits per heavy atom. The maximum Gasteiger partial charge on any atom is 0.0363 e. The van der Waals surface area contributed by atoms with Crippen LogP contribution in [0.3, 0.4) is 0 Å². The van der Waals surface area contributed by atoms with Crippen LogP contribution in [0.2, 0.25) is 0 Å². The number of piperidine rings is 1. The van der Waals surface area contributed by atoms with E-state index in [-0.39, 0.29) is 30.3 Å². The first-order valence-corrected chi connectivity index (χ1v) is 8.34. The third kappa shape index (κ3) is 6.96. The molecule has 2 atom stereocenters. The molecule has 1 heterocycles. The van der Waals surface area contributed by atoms with Crippen molar-refractivity contribution in [3.63, 3.8) is 0 Å². The average molecular weight is 385 g/mol. The van der Waals surface area contributed by atoms with Crippen LogP contribution >= 0.6 is 24.8 Å². The summed E-state index contributed by atoms with van der Waals surface area (Å²) in [5.41, 5.74) is 2.77. The lowest BCUT2D eigenvalue weighted by Gasteiger charge is -2.36. The quantitative estimate of drug-likeness (QED) is 0.849. The maximum atomic E-state index is 3.82. The van der Waals surface area contributed by atoms with Crippen LogP contribution in [0.15, 0.2) is 60.7 Å². The van der Waals surface area contributed by atoms with Crippen LogP contribution in [-0.4, -0.2) is 30.5 Å². The highest BCUT2D eigenvalue weighted by Crippen LogP contribution is 2.29. The van der Waals surface area contributed by atoms with Crippen molar-refractivity contribution < 1.29 is 5.48 Å². The maximum absolute atomic E-state index is 3.82. The monoisotopic (exact) mass is 384 g/mol. The molecule has 0 bridgehead atoms. The molecule has 0 radical (unpaired) electrons. The van der Waals surface area contributed by atoms with Gasteiger partial charge in [-0.15, -0.1) is 24.8 Å². The normalized spacial score (nSPS) is 18.2. The topological polar surface area (TPSA) is 46.8 Å². The molecular weight excluding hydrogens is 355 g/mol. The van der Waals surface area contributed by atoms with Crippen LogP contribution in [0.25, 0.3) is 0 Å². The van der Waals surface area contributed by atoms with E-state index in [0.29, 0.717) is 12.0 Å². The van der Waals surface area contributed by atoms with Crippen LogP contribution in [0.5, 0.6) is 0 Å². The van der Waals surface area contributed by atoms with E-state index >= 15 is 0 Å². The van der Waals surface area contributed by atoms with Gasteiger partial charge in [0.05, 0.1) is 0 Å². The van der Waals surface area contributed by atoms with Crippen molar-refractivity contribution in [1.29, 1.82) is 0 Å². The van der Waals surface area contributed by atoms with Crippen molar-refractivity contribution in [2.24, 2.45) is 5.92 Å². The Balaban J connectivity index is 0.00000192. The Bertz CT molecular complexity index is 568. The molecule has 25 heavy (non-hydrogen) atoms. The molecule has 0 saturated carbocycles. The first kappa shape index (κ1) is 23.9. The predicted octanol–water partition coefficient (Wildman–Crippen LogP) is 3.88. The first-order valence-electron chi connectivity index (χ1n) is 8.34. The Kier molecular flexibility index (Phi) is 11.7. The molecule has 1 fully saturated rings. The van der Waals surface area contributed by atoms with Crippen LogP contribution in [0, 0.1) is 5.92 Å². The highest BCUT2D eigenvalue weighted by atomic mass is 35.5. The second-order valence-electron chi connectivity index (χ2n) is 6.42. The first-order chi connectivity index (χ1) is 10.8. The molecule has 1 aliphatic rings. The smallest absolute Gasteiger partial charge is 0.0363 e. The summed E-state index contributed by atoms with van der Waals surface area (Å²) in [4.78, 5) is 2.47. The highest BCUT2D eigenvalue weighted by Gasteiger charge is 2.26. The van der Waals surface area contributed by atoms with Gasteiger partial charge in [-0.05, 0) is 43.5 Å². The number of rotatable bonds is 5. The standard InChI is InChI=1S/C20H26N2.2ClH.H2O/c1-22-14-8-13-19(16-22)20(18-11-6-3-7-12-18)21-15-17-9-4-2-5-10-17;;;/h2-7,9-12,19-21H,8,13-16H2,1H3;2*1H;1H2. The predicted molar refractivity (Wildman–Crippen MR) is 111 cm³/mol. The van der Waals surface area contributed by atoms with E-state index in [1.54, 1.807) is 0 Å². The van der Waals surface area contributed by atoms with Crippen LogP contribution in [0.1, 0.15) is 30.0 Å². The molecule has 0 aliphatic carbocycles. The third-order valence-corrected chi connectivity index (χ3v) is 4.66. The molecule has 2 aromatic carbocycles. The SMILES string of the molecule is CN1CCCC(C(NCc2ccccc2)c2ccccc2)C1.Cl.Cl.O. The number of halogens is 2. The summed E-state index contributed by atoms with van der Waals surface area (Å²) in [5.74, 6) is 0.685. The number of hydrogen-bond acceptors (Lipinski definition) is 2. The minimum Gasteiger partial charge on any atom is -0.412 e. The molecule has 1 aliphatic heterocycles. The number of nitrogens with zero attached hydrogens (tertiary/aromatic N) is 1. The van der Waals surface area contributed by atoms with Crippen molar-refractivity contribution in [1.82, 2.24) is 10.2 Å². The van der Waals surface area contributed by atoms with Gasteiger partial charge in [-0.3, -0.25) is 0 Å². The van der Waals surface area contributed by atoms with Crippen LogP contribution in [0.4, 0.5) is 0 Å². The summed E-state index contributed by atoms with van der Waals surface area (Å²) < 4.78 is 0. The summed E-state index contributed by atoms with van der Waals surface area (Å²) in [5, 5.41) is 3.82. The van der Waals surface area contributed by atoms with Gasteiger partial charge in [-0.1, -0.05) is 60.7 Å². The summed E-state index contributed by atoms with van der Waals surface area (Å²) >= 11 is 0. The van der Waals surface area contributed by atoms with Crippen molar-refractivity contribution in [3.8, 4) is 0 Å². The lowest BCUT2D eigenvalue weighted by molar-refractivity contribution is 0.172. The zero-order valence-corrected chi connectivity index (χ0v) is 16.4. The second kappa shape index (κ2) is 12.3. The molecule has 3 rings (SSSR count). The fraction of sp³-hybridized carbons (Fsp3) is 0.400. The van der Waals surface area contributed by atoms with Crippen LogP contribution < -0.4 is 5.32 Å². The number of hydrogen-bond donors (Lipinski definition) is 1. The Hall–Kier alpha value is -1.10. The molecule has 0 aromatic heterocycles. The molecule has 3 N–H and O–H groups in total. The number of benzene rings is 2. The second-order valence-corrected chi connectivity index (χ2v) is 6.42. The molecule has 5 heteroatoms. The van der Waals surface area contributed by atoms with Crippen molar-refractivity contribution in [3.05, 3.63) is 71.8 Å². The largest absolute Gasteiger partial charge is 0.412 e. The fourth-order valence-electron chi connectivity index (χ4n) is 3.52. The van der Waals surface area contributed by atoms with Crippen molar-refractivity contribution >= 4 is 24.8 Å². The van der Waals surface area contributed by atoms with Gasteiger partial charge in [0.1, 0.15) is 0 Å². The van der Waals surface area contributed by atoms with E-state index in [2.05, 4.69) is 77.9 Å². The molecular formula is C20H30Cl2N2O. The van der Waals surface area contributed by atoms with Gasteiger partial charge in [0.15, 0.2) is 0 Å². The van der Waals surface area contributed by atoms with Crippen molar-refractivity contribution in [2.75, 3.05) is 20.1 Å². The molecule has 3 nitrogen and oxygen atoms in total. The number of likely N-dealkylation sites (tertiary alicyclic amines) is 1. The third-order valence-electron chi connectivity index (χ3n) is 4.66. The van der Waals surface area contributed by atoms with Gasteiger partial charge >= 0.3 is 0 Å². The van der Waals surface area contributed by atoms with Crippen LogP contribution in [-0.2, 0) is 6.54 Å². The van der Waals surface area contributed by atoms with Gasteiger partial charge in [0, 0.05) is 19.1 Å². The summed E-state index contributed by atoms with van der Waals surface area (Å²) in [7, 11) is 2.24. The van der Waals surface area contributed by atoms with Gasteiger partial charge in [0.2, 0.25) is 0 Å². The molecule has 2 aromatic rings. The Morgan fingerprint density at radius 2 is 1.60 bits per heavy atom. The minimum atomic E-state index is 0. The van der Waals surface area contributed by atoms with Crippen molar-refractivity contribution in [2.45, 2.75) is 25.4 Å². The molecule has 0 spiro atoms. The lowest BCUT2D eigenvalue weighted by atomic mass is 9.86. The lowest BCUT2D eigenvalue weighted by Crippen LogP contribution is -2.39. The summed E-state index contributed by atoms with van der Waals surface area (Å²) in [6.07, 6.45) is 2.61. The average Bonchev–Trinajstić information content (AvgIpc) is 2.57. The molecule has 0 amide bonds. The Morgan fingerprint density at radius 1 is 1.00 bits per heavy atom. The molecule has 1 saturated heterocycles. The summed E-state index contributed by atoms with van der Waals surface area (Å²) in [6.45, 7) is 3.35. The summed E-state index contributed by atoms with van der Waals surface area (Å²) in [6, 6.07) is 22.1. The minimum absolute atomic E-state index is 0. The molecule has 2 unspecified atom stereocenters. The van der Waals surface area contributed by atoms with E-state index in [4.69, 9.17) is 0 Å². The Labute approximate surface area is 163 Å². The van der Waals surface area contributed by atoms with E-state index in [1.807, 2.05) is 0 Å². The van der Waals surface area contributed by atoms with Gasteiger partial charge in [-0.25, -0.2) is 0 Å². The van der Waals surface area contributed by atoms with Gasteiger partial charge < -0.3 is 15.7 Å². The van der Waals surface area contributed by atoms with Gasteiger partial charge in [0.25, 0.3) is 0 Å². The van der Waals surface area contributed by atoms with E-state index in [9.17, 15) is 0 Å². The molecule has 140 valence electrons. The number of nitrogens with one attached hydrogen (secondary N) is 1. The van der Waals surface area contributed by atoms with E-state index < -0.39 is 0 Å².